The minimum absolute atomic E-state index is 0.296. The number of nitrogens with zero attached hydrogens (tertiary/aromatic N) is 5. The first kappa shape index (κ1) is 19.8. The smallest absolute Gasteiger partial charge is 0.123 e. The maximum atomic E-state index is 13.9. The van der Waals surface area contributed by atoms with Crippen LogP contribution in [0.5, 0.6) is 5.75 Å². The second-order valence-corrected chi connectivity index (χ2v) is 7.12. The lowest BCUT2D eigenvalue weighted by atomic mass is 10.1. The van der Waals surface area contributed by atoms with Gasteiger partial charge >= 0.3 is 0 Å². The minimum Gasteiger partial charge on any atom is -0.497 e. The first-order chi connectivity index (χ1) is 14.5. The summed E-state index contributed by atoms with van der Waals surface area (Å²) in [6.45, 7) is 3.03. The molecule has 0 bridgehead atoms. The summed E-state index contributed by atoms with van der Waals surface area (Å²) in [5, 5.41) is 12.5. The Morgan fingerprint density at radius 1 is 1.10 bits per heavy atom. The summed E-state index contributed by atoms with van der Waals surface area (Å²) in [6, 6.07) is 14.1. The highest BCUT2D eigenvalue weighted by Gasteiger charge is 2.16. The van der Waals surface area contributed by atoms with E-state index >= 15 is 0 Å². The zero-order valence-corrected chi connectivity index (χ0v) is 17.0. The van der Waals surface area contributed by atoms with Crippen molar-refractivity contribution in [3.8, 4) is 22.7 Å². The Morgan fingerprint density at radius 2 is 1.90 bits per heavy atom. The van der Waals surface area contributed by atoms with Gasteiger partial charge in [0.15, 0.2) is 0 Å². The molecule has 0 fully saturated rings. The van der Waals surface area contributed by atoms with Crippen molar-refractivity contribution in [1.82, 2.24) is 25.0 Å². The summed E-state index contributed by atoms with van der Waals surface area (Å²) >= 11 is 0. The van der Waals surface area contributed by atoms with E-state index in [-0.39, 0.29) is 5.82 Å². The van der Waals surface area contributed by atoms with Crippen LogP contribution >= 0.6 is 0 Å². The molecule has 2 heterocycles. The van der Waals surface area contributed by atoms with Crippen molar-refractivity contribution >= 4 is 0 Å². The van der Waals surface area contributed by atoms with Crippen LogP contribution in [0, 0.1) is 12.7 Å². The second kappa shape index (κ2) is 8.46. The maximum Gasteiger partial charge on any atom is 0.123 e. The molecule has 0 radical (unpaired) electrons. The van der Waals surface area contributed by atoms with E-state index in [2.05, 4.69) is 15.2 Å². The average molecular weight is 407 g/mol. The molecule has 7 nitrogen and oxygen atoms in total. The highest BCUT2D eigenvalue weighted by molar-refractivity contribution is 5.63. The molecule has 0 aliphatic rings. The molecule has 4 rings (SSSR count). The number of hydrogen-bond acceptors (Lipinski definition) is 6. The van der Waals surface area contributed by atoms with Gasteiger partial charge in [-0.15, -0.1) is 0 Å². The lowest BCUT2D eigenvalue weighted by molar-refractivity contribution is 0.279. The topological polar surface area (TPSA) is 69.2 Å². The first-order valence-electron chi connectivity index (χ1n) is 9.49. The van der Waals surface area contributed by atoms with Crippen molar-refractivity contribution in [2.75, 3.05) is 14.2 Å². The largest absolute Gasteiger partial charge is 0.497 e. The highest BCUT2D eigenvalue weighted by Crippen LogP contribution is 2.26. The summed E-state index contributed by atoms with van der Waals surface area (Å²) < 4.78 is 25.7. The van der Waals surface area contributed by atoms with Crippen LogP contribution in [-0.4, -0.2) is 39.2 Å². The van der Waals surface area contributed by atoms with Crippen molar-refractivity contribution in [3.63, 3.8) is 0 Å². The number of aryl methyl sites for hydroxylation is 1. The fraction of sp³-hybridized carbons (Fsp3) is 0.227. The van der Waals surface area contributed by atoms with Crippen LogP contribution in [0.1, 0.15) is 17.0 Å². The van der Waals surface area contributed by atoms with Crippen molar-refractivity contribution in [2.24, 2.45) is 0 Å². The summed E-state index contributed by atoms with van der Waals surface area (Å²) in [5.74, 6) is 0.475. The fourth-order valence-electron chi connectivity index (χ4n) is 3.27. The molecule has 2 aromatic heterocycles. The van der Waals surface area contributed by atoms with Gasteiger partial charge in [0.25, 0.3) is 0 Å². The molecule has 2 aromatic carbocycles. The molecule has 0 N–H and O–H groups in total. The quantitative estimate of drug-likeness (QED) is 0.461. The molecule has 154 valence electrons. The normalized spacial score (nSPS) is 11.2. The van der Waals surface area contributed by atoms with Gasteiger partial charge in [-0.05, 0) is 50.4 Å². The minimum atomic E-state index is -0.296. The number of methoxy groups -OCH3 is 1. The van der Waals surface area contributed by atoms with Crippen molar-refractivity contribution in [1.29, 1.82) is 0 Å². The molecule has 0 aliphatic heterocycles. The van der Waals surface area contributed by atoms with E-state index in [9.17, 15) is 4.39 Å². The predicted molar refractivity (Wildman–Crippen MR) is 110 cm³/mol. The van der Waals surface area contributed by atoms with E-state index in [1.807, 2.05) is 50.5 Å². The van der Waals surface area contributed by atoms with Gasteiger partial charge < -0.3 is 4.74 Å². The third-order valence-corrected chi connectivity index (χ3v) is 4.83. The molecule has 0 amide bonds. The van der Waals surface area contributed by atoms with Crippen molar-refractivity contribution in [3.05, 3.63) is 77.5 Å². The second-order valence-electron chi connectivity index (χ2n) is 7.12. The Balaban J connectivity index is 1.67. The number of benzene rings is 2. The van der Waals surface area contributed by atoms with E-state index in [0.29, 0.717) is 13.1 Å². The Morgan fingerprint density at radius 3 is 2.57 bits per heavy atom. The van der Waals surface area contributed by atoms with E-state index in [0.717, 1.165) is 39.6 Å². The Kier molecular flexibility index (Phi) is 5.58. The predicted octanol–water partition coefficient (Wildman–Crippen LogP) is 4.01. The Hall–Kier alpha value is -3.52. The monoisotopic (exact) mass is 407 g/mol. The maximum absolute atomic E-state index is 13.9. The lowest BCUT2D eigenvalue weighted by Crippen LogP contribution is -2.18. The molecule has 0 aliphatic carbocycles. The van der Waals surface area contributed by atoms with Crippen LogP contribution in [0.4, 0.5) is 4.39 Å². The zero-order chi connectivity index (χ0) is 21.1. The molecular formula is C22H22FN5O2. The molecule has 0 saturated carbocycles. The van der Waals surface area contributed by atoms with Gasteiger partial charge in [0.05, 0.1) is 18.5 Å². The Labute approximate surface area is 173 Å². The average Bonchev–Trinajstić information content (AvgIpc) is 3.34. The third kappa shape index (κ3) is 4.23. The van der Waals surface area contributed by atoms with Crippen molar-refractivity contribution in [2.45, 2.75) is 20.0 Å². The van der Waals surface area contributed by atoms with Gasteiger partial charge in [-0.3, -0.25) is 4.90 Å². The number of ether oxygens (including phenoxy) is 1. The van der Waals surface area contributed by atoms with Crippen LogP contribution in [0.25, 0.3) is 16.9 Å². The molecule has 0 spiro atoms. The SMILES string of the molecule is COc1ccc(-n2cc(CN(C)Cc3nonc3C)c(-c3cccc(F)c3)n2)cc1. The van der Waals surface area contributed by atoms with E-state index < -0.39 is 0 Å². The molecule has 0 unspecified atom stereocenters. The Bertz CT molecular complexity index is 1140. The zero-order valence-electron chi connectivity index (χ0n) is 17.0. The van der Waals surface area contributed by atoms with Crippen molar-refractivity contribution < 1.29 is 13.8 Å². The first-order valence-corrected chi connectivity index (χ1v) is 9.49. The molecular weight excluding hydrogens is 385 g/mol. The standard InChI is InChI=1S/C22H22FN5O2/c1-15-21(26-30-25-15)14-27(2)12-17-13-28(19-7-9-20(29-3)10-8-19)24-22(17)16-5-4-6-18(23)11-16/h4-11,13H,12,14H2,1-3H3. The summed E-state index contributed by atoms with van der Waals surface area (Å²) in [6.07, 6.45) is 1.96. The van der Waals surface area contributed by atoms with Crippen LogP contribution in [0.15, 0.2) is 59.4 Å². The molecule has 8 heteroatoms. The van der Waals surface area contributed by atoms with E-state index in [1.165, 1.54) is 12.1 Å². The van der Waals surface area contributed by atoms with Crippen LogP contribution in [-0.2, 0) is 13.1 Å². The summed E-state index contributed by atoms with van der Waals surface area (Å²) in [5.41, 5.74) is 4.86. The molecule has 0 atom stereocenters. The van der Waals surface area contributed by atoms with Gasteiger partial charge in [0, 0.05) is 30.4 Å². The highest BCUT2D eigenvalue weighted by atomic mass is 19.1. The lowest BCUT2D eigenvalue weighted by Gasteiger charge is -2.15. The molecule has 4 aromatic rings. The summed E-state index contributed by atoms with van der Waals surface area (Å²) in [4.78, 5) is 2.09. The number of rotatable bonds is 7. The number of halogens is 1. The third-order valence-electron chi connectivity index (χ3n) is 4.83. The van der Waals surface area contributed by atoms with Crippen LogP contribution < -0.4 is 4.74 Å². The van der Waals surface area contributed by atoms with Gasteiger partial charge in [-0.2, -0.15) is 5.10 Å². The molecule has 30 heavy (non-hydrogen) atoms. The van der Waals surface area contributed by atoms with E-state index in [1.54, 1.807) is 17.9 Å². The van der Waals surface area contributed by atoms with E-state index in [4.69, 9.17) is 14.5 Å². The number of aromatic nitrogens is 4. The van der Waals surface area contributed by atoms with Gasteiger partial charge in [0.2, 0.25) is 0 Å². The summed E-state index contributed by atoms with van der Waals surface area (Å²) in [7, 11) is 3.61. The molecule has 0 saturated heterocycles. The number of hydrogen-bond donors (Lipinski definition) is 0. The van der Waals surface area contributed by atoms with Gasteiger partial charge in [-0.1, -0.05) is 22.4 Å². The van der Waals surface area contributed by atoms with Crippen LogP contribution in [0.3, 0.4) is 0 Å². The van der Waals surface area contributed by atoms with Gasteiger partial charge in [0.1, 0.15) is 23.0 Å². The fourth-order valence-corrected chi connectivity index (χ4v) is 3.27. The van der Waals surface area contributed by atoms with Crippen LogP contribution in [0.2, 0.25) is 0 Å². The van der Waals surface area contributed by atoms with Gasteiger partial charge in [-0.25, -0.2) is 13.7 Å².